The Kier molecular flexibility index (Phi) is 2.76. The second-order valence-corrected chi connectivity index (χ2v) is 2.86. The molecule has 0 aromatic heterocycles. The predicted octanol–water partition coefficient (Wildman–Crippen LogP) is 2.57. The number of carbonyl (C=O) groups excluding carboxylic acids is 1. The van der Waals surface area contributed by atoms with E-state index in [4.69, 9.17) is 0 Å². The highest BCUT2D eigenvalue weighted by molar-refractivity contribution is 9.10. The first-order valence-corrected chi connectivity index (χ1v) is 3.81. The molecule has 0 bridgehead atoms. The SMILES string of the molecule is O=[C]C(F)c1ccccc1Br. The quantitative estimate of drug-likeness (QED) is 0.742. The molecule has 0 heterocycles. The van der Waals surface area contributed by atoms with Gasteiger partial charge in [-0.3, -0.25) is 4.79 Å². The molecule has 1 aromatic carbocycles. The van der Waals surface area contributed by atoms with E-state index in [1.54, 1.807) is 24.3 Å². The van der Waals surface area contributed by atoms with Crippen LogP contribution in [0.4, 0.5) is 4.39 Å². The van der Waals surface area contributed by atoms with Crippen LogP contribution in [0.2, 0.25) is 0 Å². The van der Waals surface area contributed by atoms with E-state index in [2.05, 4.69) is 15.9 Å². The molecule has 0 saturated carbocycles. The fourth-order valence-corrected chi connectivity index (χ4v) is 1.23. The summed E-state index contributed by atoms with van der Waals surface area (Å²) in [5.74, 6) is 0. The van der Waals surface area contributed by atoms with E-state index >= 15 is 0 Å². The lowest BCUT2D eigenvalue weighted by Gasteiger charge is -2.01. The summed E-state index contributed by atoms with van der Waals surface area (Å²) in [6.45, 7) is 0. The molecule has 1 radical (unpaired) electrons. The number of halogens is 2. The fraction of sp³-hybridized carbons (Fsp3) is 0.125. The first-order valence-electron chi connectivity index (χ1n) is 3.02. The lowest BCUT2D eigenvalue weighted by Crippen LogP contribution is -1.92. The van der Waals surface area contributed by atoms with Gasteiger partial charge in [-0.05, 0) is 6.07 Å². The van der Waals surface area contributed by atoms with Gasteiger partial charge in [-0.1, -0.05) is 34.1 Å². The second kappa shape index (κ2) is 3.62. The van der Waals surface area contributed by atoms with Crippen molar-refractivity contribution in [3.63, 3.8) is 0 Å². The molecule has 0 saturated heterocycles. The summed E-state index contributed by atoms with van der Waals surface area (Å²) in [7, 11) is 0. The molecule has 0 amide bonds. The highest BCUT2D eigenvalue weighted by atomic mass is 79.9. The Morgan fingerprint density at radius 1 is 1.45 bits per heavy atom. The van der Waals surface area contributed by atoms with E-state index in [0.717, 1.165) is 0 Å². The number of benzene rings is 1. The molecule has 1 unspecified atom stereocenters. The second-order valence-electron chi connectivity index (χ2n) is 2.00. The molecule has 0 aliphatic heterocycles. The maximum absolute atomic E-state index is 12.7. The van der Waals surface area contributed by atoms with Gasteiger partial charge in [0.2, 0.25) is 6.29 Å². The zero-order valence-corrected chi connectivity index (χ0v) is 7.14. The van der Waals surface area contributed by atoms with Crippen molar-refractivity contribution < 1.29 is 9.18 Å². The smallest absolute Gasteiger partial charge is 0.240 e. The van der Waals surface area contributed by atoms with Crippen LogP contribution in [-0.4, -0.2) is 6.29 Å². The first kappa shape index (κ1) is 8.40. The summed E-state index contributed by atoms with van der Waals surface area (Å²) in [5.41, 5.74) is 0.322. The minimum atomic E-state index is -1.65. The van der Waals surface area contributed by atoms with Gasteiger partial charge in [0, 0.05) is 10.0 Å². The molecule has 0 aliphatic carbocycles. The third-order valence-electron chi connectivity index (χ3n) is 1.28. The van der Waals surface area contributed by atoms with Crippen molar-refractivity contribution in [1.29, 1.82) is 0 Å². The Bertz CT molecular complexity index is 262. The van der Waals surface area contributed by atoms with Gasteiger partial charge in [0.05, 0.1) is 0 Å². The Labute approximate surface area is 72.4 Å². The fourth-order valence-electron chi connectivity index (χ4n) is 0.744. The van der Waals surface area contributed by atoms with Crippen LogP contribution in [0, 0.1) is 0 Å². The van der Waals surface area contributed by atoms with Gasteiger partial charge in [0.25, 0.3) is 0 Å². The van der Waals surface area contributed by atoms with Crippen LogP contribution in [0.5, 0.6) is 0 Å². The van der Waals surface area contributed by atoms with Crippen LogP contribution in [0.25, 0.3) is 0 Å². The summed E-state index contributed by atoms with van der Waals surface area (Å²) in [6, 6.07) is 6.65. The normalized spacial score (nSPS) is 12.5. The summed E-state index contributed by atoms with van der Waals surface area (Å²) in [5, 5.41) is 0. The van der Waals surface area contributed by atoms with E-state index in [-0.39, 0.29) is 0 Å². The molecule has 0 aliphatic rings. The zero-order chi connectivity index (χ0) is 8.27. The molecule has 1 nitrogen and oxygen atoms in total. The first-order chi connectivity index (χ1) is 5.25. The minimum absolute atomic E-state index is 0.322. The third kappa shape index (κ3) is 1.87. The van der Waals surface area contributed by atoms with Crippen LogP contribution >= 0.6 is 15.9 Å². The van der Waals surface area contributed by atoms with Crippen LogP contribution < -0.4 is 0 Å². The molecule has 3 heteroatoms. The van der Waals surface area contributed by atoms with Crippen molar-refractivity contribution in [2.45, 2.75) is 6.17 Å². The van der Waals surface area contributed by atoms with Crippen molar-refractivity contribution in [3.8, 4) is 0 Å². The molecule has 0 fully saturated rings. The van der Waals surface area contributed by atoms with Crippen LogP contribution in [-0.2, 0) is 4.79 Å². The monoisotopic (exact) mass is 215 g/mol. The largest absolute Gasteiger partial charge is 0.287 e. The van der Waals surface area contributed by atoms with Gasteiger partial charge < -0.3 is 0 Å². The number of rotatable bonds is 2. The van der Waals surface area contributed by atoms with Crippen molar-refractivity contribution in [2.75, 3.05) is 0 Å². The van der Waals surface area contributed by atoms with Crippen LogP contribution in [0.15, 0.2) is 28.7 Å². The predicted molar refractivity (Wildman–Crippen MR) is 43.7 cm³/mol. The summed E-state index contributed by atoms with van der Waals surface area (Å²) < 4.78 is 13.3. The number of alkyl halides is 1. The van der Waals surface area contributed by atoms with Crippen LogP contribution in [0.1, 0.15) is 11.7 Å². The molecular weight excluding hydrogens is 211 g/mol. The van der Waals surface area contributed by atoms with E-state index < -0.39 is 6.17 Å². The van der Waals surface area contributed by atoms with Gasteiger partial charge in [0.1, 0.15) is 0 Å². The lowest BCUT2D eigenvalue weighted by atomic mass is 10.1. The lowest BCUT2D eigenvalue weighted by molar-refractivity contribution is 0.408. The van der Waals surface area contributed by atoms with Gasteiger partial charge in [-0.15, -0.1) is 0 Å². The van der Waals surface area contributed by atoms with E-state index in [1.165, 1.54) is 6.29 Å². The highest BCUT2D eigenvalue weighted by Gasteiger charge is 2.11. The summed E-state index contributed by atoms with van der Waals surface area (Å²) >= 11 is 3.12. The number of hydrogen-bond donors (Lipinski definition) is 0. The molecule has 0 N–H and O–H groups in total. The summed E-state index contributed by atoms with van der Waals surface area (Å²) in [6.07, 6.45) is -0.372. The van der Waals surface area contributed by atoms with Gasteiger partial charge in [0.15, 0.2) is 6.17 Å². The molecular formula is C8H5BrFO. The van der Waals surface area contributed by atoms with Crippen molar-refractivity contribution in [3.05, 3.63) is 34.3 Å². The van der Waals surface area contributed by atoms with Gasteiger partial charge in [-0.2, -0.15) is 0 Å². The molecule has 11 heavy (non-hydrogen) atoms. The minimum Gasteiger partial charge on any atom is -0.287 e. The van der Waals surface area contributed by atoms with E-state index in [0.29, 0.717) is 10.0 Å². The van der Waals surface area contributed by atoms with E-state index in [9.17, 15) is 9.18 Å². The van der Waals surface area contributed by atoms with Crippen molar-refractivity contribution >= 4 is 22.2 Å². The molecule has 57 valence electrons. The van der Waals surface area contributed by atoms with Crippen molar-refractivity contribution in [2.24, 2.45) is 0 Å². The maximum Gasteiger partial charge on any atom is 0.240 e. The number of hydrogen-bond acceptors (Lipinski definition) is 1. The van der Waals surface area contributed by atoms with Crippen molar-refractivity contribution in [1.82, 2.24) is 0 Å². The Hall–Kier alpha value is -0.700. The molecule has 1 rings (SSSR count). The maximum atomic E-state index is 12.7. The van der Waals surface area contributed by atoms with Crippen LogP contribution in [0.3, 0.4) is 0 Å². The zero-order valence-electron chi connectivity index (χ0n) is 5.55. The average molecular weight is 216 g/mol. The Morgan fingerprint density at radius 3 is 2.64 bits per heavy atom. The average Bonchev–Trinajstić information content (AvgIpc) is 2.04. The molecule has 0 spiro atoms. The molecule has 1 atom stereocenters. The third-order valence-corrected chi connectivity index (χ3v) is 2.00. The standard InChI is InChI=1S/C8H5BrFO/c9-7-4-2-1-3-6(7)8(10)5-11/h1-4,8H. The topological polar surface area (TPSA) is 17.1 Å². The highest BCUT2D eigenvalue weighted by Crippen LogP contribution is 2.23. The van der Waals surface area contributed by atoms with Gasteiger partial charge >= 0.3 is 0 Å². The Morgan fingerprint density at radius 2 is 2.09 bits per heavy atom. The van der Waals surface area contributed by atoms with E-state index in [1.807, 2.05) is 0 Å². The van der Waals surface area contributed by atoms with Gasteiger partial charge in [-0.25, -0.2) is 4.39 Å². The molecule has 1 aromatic rings. The summed E-state index contributed by atoms with van der Waals surface area (Å²) in [4.78, 5) is 9.94. The Balaban J connectivity index is 3.02.